The minimum absolute atomic E-state index is 0.0586. The molecule has 0 amide bonds. The van der Waals surface area contributed by atoms with Gasteiger partial charge in [-0.2, -0.15) is 0 Å². The number of ether oxygens (including phenoxy) is 3. The lowest BCUT2D eigenvalue weighted by Crippen LogP contribution is -2.28. The van der Waals surface area contributed by atoms with Crippen molar-refractivity contribution >= 4 is 11.9 Å². The molecule has 0 spiro atoms. The average molecular weight is 337 g/mol. The molecule has 2 saturated carbocycles. The van der Waals surface area contributed by atoms with Gasteiger partial charge in [0, 0.05) is 6.42 Å². The third-order valence-electron chi connectivity index (χ3n) is 5.38. The maximum absolute atomic E-state index is 12.0. The molecule has 24 heavy (non-hydrogen) atoms. The van der Waals surface area contributed by atoms with Crippen LogP contribution in [0.4, 0.5) is 0 Å². The lowest BCUT2D eigenvalue weighted by Gasteiger charge is -2.28. The fraction of sp³-hybridized carbons (Fsp3) is 0.778. The SMILES string of the molecule is C=C(N)C(=O)OC1CCC(COC(=O)CC2CCC3OC3C2)CC1. The second kappa shape index (κ2) is 7.55. The van der Waals surface area contributed by atoms with E-state index in [0.29, 0.717) is 37.1 Å². The van der Waals surface area contributed by atoms with Crippen molar-refractivity contribution in [1.82, 2.24) is 0 Å². The topological polar surface area (TPSA) is 91.2 Å². The molecule has 3 aliphatic rings. The Labute approximate surface area is 142 Å². The molecule has 0 aromatic carbocycles. The number of hydrogen-bond acceptors (Lipinski definition) is 6. The van der Waals surface area contributed by atoms with Crippen LogP contribution in [0.15, 0.2) is 12.3 Å². The van der Waals surface area contributed by atoms with Gasteiger partial charge in [0.25, 0.3) is 0 Å². The van der Waals surface area contributed by atoms with Crippen LogP contribution in [0.3, 0.4) is 0 Å². The highest BCUT2D eigenvalue weighted by Gasteiger charge is 2.44. The van der Waals surface area contributed by atoms with Crippen LogP contribution in [0.1, 0.15) is 51.4 Å². The van der Waals surface area contributed by atoms with Gasteiger partial charge in [-0.3, -0.25) is 4.79 Å². The Kier molecular flexibility index (Phi) is 5.43. The van der Waals surface area contributed by atoms with Crippen LogP contribution in [0.5, 0.6) is 0 Å². The van der Waals surface area contributed by atoms with Gasteiger partial charge >= 0.3 is 11.9 Å². The van der Waals surface area contributed by atoms with Crippen LogP contribution in [-0.4, -0.2) is 36.9 Å². The van der Waals surface area contributed by atoms with E-state index >= 15 is 0 Å². The molecule has 6 heteroatoms. The van der Waals surface area contributed by atoms with Crippen molar-refractivity contribution in [2.24, 2.45) is 17.6 Å². The zero-order valence-corrected chi connectivity index (χ0v) is 14.1. The quantitative estimate of drug-likeness (QED) is 0.453. The molecule has 3 fully saturated rings. The predicted octanol–water partition coefficient (Wildman–Crippen LogP) is 2.06. The van der Waals surface area contributed by atoms with Crippen LogP contribution in [-0.2, 0) is 23.8 Å². The van der Waals surface area contributed by atoms with E-state index in [1.807, 2.05) is 0 Å². The van der Waals surface area contributed by atoms with Crippen LogP contribution in [0.25, 0.3) is 0 Å². The fourth-order valence-electron chi connectivity index (χ4n) is 3.82. The molecule has 134 valence electrons. The van der Waals surface area contributed by atoms with Gasteiger partial charge in [0.2, 0.25) is 0 Å². The maximum Gasteiger partial charge on any atom is 0.353 e. The van der Waals surface area contributed by atoms with Crippen molar-refractivity contribution in [3.63, 3.8) is 0 Å². The van der Waals surface area contributed by atoms with Crippen molar-refractivity contribution in [3.05, 3.63) is 12.3 Å². The van der Waals surface area contributed by atoms with E-state index in [1.165, 1.54) is 0 Å². The van der Waals surface area contributed by atoms with E-state index in [4.69, 9.17) is 19.9 Å². The smallest absolute Gasteiger partial charge is 0.353 e. The Morgan fingerprint density at radius 1 is 1.04 bits per heavy atom. The number of hydrogen-bond donors (Lipinski definition) is 1. The first-order chi connectivity index (χ1) is 11.5. The molecule has 0 radical (unpaired) electrons. The number of carbonyl (C=O) groups excluding carboxylic acids is 2. The molecule has 3 rings (SSSR count). The summed E-state index contributed by atoms with van der Waals surface area (Å²) in [5.41, 5.74) is 5.26. The first kappa shape index (κ1) is 17.3. The van der Waals surface area contributed by atoms with E-state index in [1.54, 1.807) is 0 Å². The number of fused-ring (bicyclic) bond motifs is 1. The number of rotatable bonds is 6. The van der Waals surface area contributed by atoms with E-state index in [0.717, 1.165) is 44.9 Å². The van der Waals surface area contributed by atoms with Crippen molar-refractivity contribution in [2.45, 2.75) is 69.7 Å². The Balaban J connectivity index is 1.29. The Morgan fingerprint density at radius 3 is 2.42 bits per heavy atom. The van der Waals surface area contributed by atoms with Crippen molar-refractivity contribution < 1.29 is 23.8 Å². The minimum Gasteiger partial charge on any atom is -0.465 e. The molecule has 2 N–H and O–H groups in total. The largest absolute Gasteiger partial charge is 0.465 e. The number of nitrogens with two attached hydrogens (primary N) is 1. The van der Waals surface area contributed by atoms with Gasteiger partial charge in [0.05, 0.1) is 18.8 Å². The van der Waals surface area contributed by atoms with Gasteiger partial charge in [-0.1, -0.05) is 6.58 Å². The first-order valence-electron chi connectivity index (χ1n) is 8.97. The molecule has 6 nitrogen and oxygen atoms in total. The third-order valence-corrected chi connectivity index (χ3v) is 5.38. The zero-order chi connectivity index (χ0) is 17.1. The van der Waals surface area contributed by atoms with Gasteiger partial charge in [0.1, 0.15) is 11.8 Å². The average Bonchev–Trinajstić information content (AvgIpc) is 3.32. The van der Waals surface area contributed by atoms with Crippen molar-refractivity contribution in [2.75, 3.05) is 6.61 Å². The molecule has 2 aliphatic carbocycles. The maximum atomic E-state index is 12.0. The summed E-state index contributed by atoms with van der Waals surface area (Å²) >= 11 is 0. The molecule has 0 aromatic heterocycles. The summed E-state index contributed by atoms with van der Waals surface area (Å²) in [4.78, 5) is 23.4. The standard InChI is InChI=1S/C18H27NO5/c1-11(19)18(21)23-14-5-2-12(3-6-14)10-22-17(20)9-13-4-7-15-16(8-13)24-15/h12-16H,1-10,19H2. The van der Waals surface area contributed by atoms with Crippen molar-refractivity contribution in [3.8, 4) is 0 Å². The van der Waals surface area contributed by atoms with Crippen LogP contribution < -0.4 is 5.73 Å². The fourth-order valence-corrected chi connectivity index (χ4v) is 3.82. The Morgan fingerprint density at radius 2 is 1.75 bits per heavy atom. The number of carbonyl (C=O) groups is 2. The van der Waals surface area contributed by atoms with E-state index < -0.39 is 5.97 Å². The summed E-state index contributed by atoms with van der Waals surface area (Å²) < 4.78 is 16.2. The molecule has 0 aromatic rings. The molecule has 3 atom stereocenters. The number of epoxide rings is 1. The molecule has 0 bridgehead atoms. The van der Waals surface area contributed by atoms with Crippen LogP contribution in [0, 0.1) is 11.8 Å². The Bertz CT molecular complexity index is 498. The highest BCUT2D eigenvalue weighted by Crippen LogP contribution is 2.40. The van der Waals surface area contributed by atoms with Crippen molar-refractivity contribution in [1.29, 1.82) is 0 Å². The van der Waals surface area contributed by atoms with E-state index in [9.17, 15) is 9.59 Å². The monoisotopic (exact) mass is 337 g/mol. The van der Waals surface area contributed by atoms with Gasteiger partial charge in [-0.25, -0.2) is 4.79 Å². The predicted molar refractivity (Wildman–Crippen MR) is 86.7 cm³/mol. The van der Waals surface area contributed by atoms with Gasteiger partial charge in [-0.05, 0) is 56.8 Å². The van der Waals surface area contributed by atoms with Crippen LogP contribution in [0.2, 0.25) is 0 Å². The highest BCUT2D eigenvalue weighted by molar-refractivity contribution is 5.86. The normalized spacial score (nSPS) is 34.8. The van der Waals surface area contributed by atoms with Gasteiger partial charge in [-0.15, -0.1) is 0 Å². The molecular formula is C18H27NO5. The zero-order valence-electron chi connectivity index (χ0n) is 14.1. The Hall–Kier alpha value is -1.56. The second-order valence-corrected chi connectivity index (χ2v) is 7.35. The van der Waals surface area contributed by atoms with Crippen LogP contribution >= 0.6 is 0 Å². The summed E-state index contributed by atoms with van der Waals surface area (Å²) in [7, 11) is 0. The first-order valence-corrected chi connectivity index (χ1v) is 8.97. The summed E-state index contributed by atoms with van der Waals surface area (Å²) in [5, 5.41) is 0. The van der Waals surface area contributed by atoms with E-state index in [2.05, 4.69) is 6.58 Å². The molecule has 3 unspecified atom stereocenters. The lowest BCUT2D eigenvalue weighted by molar-refractivity contribution is -0.148. The van der Waals surface area contributed by atoms with Gasteiger partial charge in [0.15, 0.2) is 0 Å². The molecule has 1 heterocycles. The summed E-state index contributed by atoms with van der Waals surface area (Å²) in [5.74, 6) is 0.152. The molecule has 1 aliphatic heterocycles. The minimum atomic E-state index is -0.528. The number of esters is 2. The lowest BCUT2D eigenvalue weighted by atomic mass is 9.87. The van der Waals surface area contributed by atoms with Gasteiger partial charge < -0.3 is 19.9 Å². The molecule has 1 saturated heterocycles. The van der Waals surface area contributed by atoms with E-state index in [-0.39, 0.29) is 17.8 Å². The summed E-state index contributed by atoms with van der Waals surface area (Å²) in [6.45, 7) is 3.85. The molecular weight excluding hydrogens is 310 g/mol. The third kappa shape index (κ3) is 4.72. The highest BCUT2D eigenvalue weighted by atomic mass is 16.6. The summed E-state index contributed by atoms with van der Waals surface area (Å²) in [6.07, 6.45) is 7.79. The second-order valence-electron chi connectivity index (χ2n) is 7.35. The summed E-state index contributed by atoms with van der Waals surface area (Å²) in [6, 6.07) is 0.